The van der Waals surface area contributed by atoms with Gasteiger partial charge in [0.05, 0.1) is 25.5 Å². The summed E-state index contributed by atoms with van der Waals surface area (Å²) in [5, 5.41) is 7.84. The Morgan fingerprint density at radius 1 is 1.30 bits per heavy atom. The van der Waals surface area contributed by atoms with Gasteiger partial charge in [-0.25, -0.2) is 0 Å². The molecule has 0 bridgehead atoms. The summed E-state index contributed by atoms with van der Waals surface area (Å²) >= 11 is 0. The lowest BCUT2D eigenvalue weighted by Gasteiger charge is -2.06. The highest BCUT2D eigenvalue weighted by molar-refractivity contribution is 5.14. The standard InChI is InChI=1S/C15H29N3O2/c1-13(2)5-8-20-10-7-18-12-15(14(3)17-18)11-16-6-9-19-4/h12-13,16H,5-11H2,1-4H3. The van der Waals surface area contributed by atoms with Gasteiger partial charge in [0, 0.05) is 38.6 Å². The van der Waals surface area contributed by atoms with Crippen LogP contribution in [0.2, 0.25) is 0 Å². The Labute approximate surface area is 122 Å². The molecule has 0 fully saturated rings. The minimum Gasteiger partial charge on any atom is -0.383 e. The van der Waals surface area contributed by atoms with Crippen molar-refractivity contribution in [3.8, 4) is 0 Å². The molecule has 20 heavy (non-hydrogen) atoms. The summed E-state index contributed by atoms with van der Waals surface area (Å²) < 4.78 is 12.6. The van der Waals surface area contributed by atoms with E-state index in [0.29, 0.717) is 5.92 Å². The molecule has 5 nitrogen and oxygen atoms in total. The molecular formula is C15H29N3O2. The van der Waals surface area contributed by atoms with Gasteiger partial charge in [0.1, 0.15) is 0 Å². The van der Waals surface area contributed by atoms with Crippen LogP contribution in [0.1, 0.15) is 31.5 Å². The average molecular weight is 283 g/mol. The van der Waals surface area contributed by atoms with Gasteiger partial charge < -0.3 is 14.8 Å². The molecule has 0 spiro atoms. The minimum absolute atomic E-state index is 0.701. The van der Waals surface area contributed by atoms with E-state index in [-0.39, 0.29) is 0 Å². The first-order valence-corrected chi connectivity index (χ1v) is 7.43. The minimum atomic E-state index is 0.701. The molecule has 0 unspecified atom stereocenters. The molecule has 0 saturated carbocycles. The fraction of sp³-hybridized carbons (Fsp3) is 0.800. The number of hydrogen-bond donors (Lipinski definition) is 1. The largest absolute Gasteiger partial charge is 0.383 e. The van der Waals surface area contributed by atoms with Gasteiger partial charge in [0.25, 0.3) is 0 Å². The van der Waals surface area contributed by atoms with Crippen LogP contribution in [0, 0.1) is 12.8 Å². The molecule has 0 aromatic carbocycles. The summed E-state index contributed by atoms with van der Waals surface area (Å²) in [4.78, 5) is 0. The molecule has 0 atom stereocenters. The fourth-order valence-electron chi connectivity index (χ4n) is 1.82. The second-order valence-corrected chi connectivity index (χ2v) is 5.47. The van der Waals surface area contributed by atoms with Crippen LogP contribution in [-0.4, -0.2) is 43.3 Å². The van der Waals surface area contributed by atoms with E-state index in [1.165, 1.54) is 5.56 Å². The molecule has 1 rings (SSSR count). The molecule has 0 radical (unpaired) electrons. The number of nitrogens with zero attached hydrogens (tertiary/aromatic N) is 2. The SMILES string of the molecule is COCCNCc1cn(CCOCCC(C)C)nc1C. The maximum Gasteiger partial charge on any atom is 0.0662 e. The summed E-state index contributed by atoms with van der Waals surface area (Å²) in [6.45, 7) is 11.3. The van der Waals surface area contributed by atoms with Gasteiger partial charge in [-0.05, 0) is 19.3 Å². The van der Waals surface area contributed by atoms with E-state index in [0.717, 1.165) is 51.6 Å². The second kappa shape index (κ2) is 9.91. The number of aryl methyl sites for hydroxylation is 1. The van der Waals surface area contributed by atoms with E-state index < -0.39 is 0 Å². The number of nitrogens with one attached hydrogen (secondary N) is 1. The third kappa shape index (κ3) is 7.03. The third-order valence-corrected chi connectivity index (χ3v) is 3.15. The van der Waals surface area contributed by atoms with Crippen LogP contribution in [0.15, 0.2) is 6.20 Å². The predicted molar refractivity (Wildman–Crippen MR) is 80.8 cm³/mol. The van der Waals surface area contributed by atoms with Crippen molar-refractivity contribution >= 4 is 0 Å². The zero-order valence-electron chi connectivity index (χ0n) is 13.3. The number of rotatable bonds is 11. The monoisotopic (exact) mass is 283 g/mol. The Morgan fingerprint density at radius 3 is 2.80 bits per heavy atom. The zero-order chi connectivity index (χ0) is 14.8. The quantitative estimate of drug-likeness (QED) is 0.631. The van der Waals surface area contributed by atoms with Gasteiger partial charge in [0.15, 0.2) is 0 Å². The first kappa shape index (κ1) is 17.1. The van der Waals surface area contributed by atoms with Crippen LogP contribution in [0.5, 0.6) is 0 Å². The normalized spacial score (nSPS) is 11.4. The maximum absolute atomic E-state index is 5.62. The summed E-state index contributed by atoms with van der Waals surface area (Å²) in [5.74, 6) is 0.701. The van der Waals surface area contributed by atoms with Crippen molar-refractivity contribution in [3.63, 3.8) is 0 Å². The smallest absolute Gasteiger partial charge is 0.0662 e. The van der Waals surface area contributed by atoms with Crippen LogP contribution in [-0.2, 0) is 22.6 Å². The molecule has 0 amide bonds. The highest BCUT2D eigenvalue weighted by atomic mass is 16.5. The van der Waals surface area contributed by atoms with Crippen LogP contribution in [0.4, 0.5) is 0 Å². The molecule has 1 N–H and O–H groups in total. The molecule has 1 aromatic heterocycles. The van der Waals surface area contributed by atoms with E-state index in [9.17, 15) is 0 Å². The van der Waals surface area contributed by atoms with Gasteiger partial charge >= 0.3 is 0 Å². The Hall–Kier alpha value is -0.910. The molecule has 0 aliphatic heterocycles. The molecule has 1 heterocycles. The molecular weight excluding hydrogens is 254 g/mol. The summed E-state index contributed by atoms with van der Waals surface area (Å²) in [6.07, 6.45) is 3.22. The van der Waals surface area contributed by atoms with Crippen LogP contribution in [0.3, 0.4) is 0 Å². The van der Waals surface area contributed by atoms with Crippen LogP contribution < -0.4 is 5.32 Å². The summed E-state index contributed by atoms with van der Waals surface area (Å²) in [7, 11) is 1.71. The predicted octanol–water partition coefficient (Wildman–Crippen LogP) is 1.99. The number of ether oxygens (including phenoxy) is 2. The van der Waals surface area contributed by atoms with Crippen molar-refractivity contribution in [1.82, 2.24) is 15.1 Å². The molecule has 1 aromatic rings. The van der Waals surface area contributed by atoms with E-state index in [1.54, 1.807) is 7.11 Å². The van der Waals surface area contributed by atoms with E-state index in [1.807, 2.05) is 11.6 Å². The van der Waals surface area contributed by atoms with Crippen molar-refractivity contribution < 1.29 is 9.47 Å². The second-order valence-electron chi connectivity index (χ2n) is 5.47. The van der Waals surface area contributed by atoms with Crippen LogP contribution in [0.25, 0.3) is 0 Å². The van der Waals surface area contributed by atoms with Crippen molar-refractivity contribution in [2.75, 3.05) is 33.5 Å². The molecule has 0 aliphatic rings. The highest BCUT2D eigenvalue weighted by Gasteiger charge is 2.04. The van der Waals surface area contributed by atoms with E-state index >= 15 is 0 Å². The Morgan fingerprint density at radius 2 is 2.10 bits per heavy atom. The number of aromatic nitrogens is 2. The highest BCUT2D eigenvalue weighted by Crippen LogP contribution is 2.05. The van der Waals surface area contributed by atoms with Crippen molar-refractivity contribution in [2.45, 2.75) is 40.3 Å². The van der Waals surface area contributed by atoms with Gasteiger partial charge in [-0.1, -0.05) is 13.8 Å². The summed E-state index contributed by atoms with van der Waals surface area (Å²) in [6, 6.07) is 0. The molecule has 5 heteroatoms. The Bertz CT molecular complexity index is 364. The lowest BCUT2D eigenvalue weighted by Crippen LogP contribution is -2.18. The van der Waals surface area contributed by atoms with Gasteiger partial charge in [-0.2, -0.15) is 5.10 Å². The average Bonchev–Trinajstić information content (AvgIpc) is 2.74. The number of hydrogen-bond acceptors (Lipinski definition) is 4. The maximum atomic E-state index is 5.62. The van der Waals surface area contributed by atoms with Crippen molar-refractivity contribution in [2.24, 2.45) is 5.92 Å². The lowest BCUT2D eigenvalue weighted by atomic mass is 10.1. The zero-order valence-corrected chi connectivity index (χ0v) is 13.3. The molecule has 116 valence electrons. The van der Waals surface area contributed by atoms with Gasteiger partial charge in [0.2, 0.25) is 0 Å². The Kier molecular flexibility index (Phi) is 8.49. The lowest BCUT2D eigenvalue weighted by molar-refractivity contribution is 0.114. The first-order chi connectivity index (χ1) is 9.63. The van der Waals surface area contributed by atoms with Crippen molar-refractivity contribution in [1.29, 1.82) is 0 Å². The summed E-state index contributed by atoms with van der Waals surface area (Å²) in [5.41, 5.74) is 2.32. The van der Waals surface area contributed by atoms with Gasteiger partial charge in [-0.3, -0.25) is 4.68 Å². The molecule has 0 aliphatic carbocycles. The molecule has 0 saturated heterocycles. The number of methoxy groups -OCH3 is 1. The van der Waals surface area contributed by atoms with E-state index in [4.69, 9.17) is 9.47 Å². The van der Waals surface area contributed by atoms with E-state index in [2.05, 4.69) is 30.5 Å². The first-order valence-electron chi connectivity index (χ1n) is 7.43. The van der Waals surface area contributed by atoms with Gasteiger partial charge in [-0.15, -0.1) is 0 Å². The Balaban J connectivity index is 2.23. The van der Waals surface area contributed by atoms with Crippen molar-refractivity contribution in [3.05, 3.63) is 17.5 Å². The third-order valence-electron chi connectivity index (χ3n) is 3.15. The van der Waals surface area contributed by atoms with Crippen LogP contribution >= 0.6 is 0 Å². The topological polar surface area (TPSA) is 48.3 Å². The fourth-order valence-corrected chi connectivity index (χ4v) is 1.82.